The SMILES string of the molecule is C=CC(=O)O.CC(C(=O)O)[P+](=O)c1cccc(O)c1. The second-order valence-corrected chi connectivity index (χ2v) is 5.34. The Labute approximate surface area is 110 Å². The zero-order valence-electron chi connectivity index (χ0n) is 10.2. The molecule has 2 unspecified atom stereocenters. The van der Waals surface area contributed by atoms with Crippen LogP contribution in [0.3, 0.4) is 0 Å². The van der Waals surface area contributed by atoms with E-state index in [1.807, 2.05) is 0 Å². The summed E-state index contributed by atoms with van der Waals surface area (Å²) in [5.41, 5.74) is -0.938. The molecule has 1 aromatic rings. The van der Waals surface area contributed by atoms with Gasteiger partial charge in [0.15, 0.2) is 5.30 Å². The summed E-state index contributed by atoms with van der Waals surface area (Å²) < 4.78 is 11.6. The molecule has 0 aliphatic heterocycles. The van der Waals surface area contributed by atoms with Crippen LogP contribution in [0.5, 0.6) is 5.75 Å². The number of phenols is 1. The highest BCUT2D eigenvalue weighted by atomic mass is 31.1. The molecule has 0 heterocycles. The highest BCUT2D eigenvalue weighted by Gasteiger charge is 2.34. The van der Waals surface area contributed by atoms with Gasteiger partial charge in [0.05, 0.1) is 0 Å². The van der Waals surface area contributed by atoms with E-state index in [9.17, 15) is 14.2 Å². The topological polar surface area (TPSA) is 112 Å². The minimum Gasteiger partial charge on any atom is -0.508 e. The summed E-state index contributed by atoms with van der Waals surface area (Å²) in [4.78, 5) is 19.8. The highest BCUT2D eigenvalue weighted by Crippen LogP contribution is 2.28. The number of carbonyl (C=O) groups is 2. The first-order chi connectivity index (χ1) is 8.79. The Hall–Kier alpha value is -2.20. The van der Waals surface area contributed by atoms with E-state index in [1.54, 1.807) is 0 Å². The largest absolute Gasteiger partial charge is 0.508 e. The molecule has 3 N–H and O–H groups in total. The van der Waals surface area contributed by atoms with Crippen LogP contribution in [-0.2, 0) is 14.2 Å². The van der Waals surface area contributed by atoms with Gasteiger partial charge < -0.3 is 15.3 Å². The van der Waals surface area contributed by atoms with E-state index in [1.165, 1.54) is 31.2 Å². The molecule has 0 aliphatic carbocycles. The molecule has 0 bridgehead atoms. The van der Waals surface area contributed by atoms with E-state index in [-0.39, 0.29) is 5.75 Å². The Morgan fingerprint density at radius 1 is 1.37 bits per heavy atom. The number of carboxylic acid groups (broad SMARTS) is 2. The fourth-order valence-electron chi connectivity index (χ4n) is 0.954. The number of phenolic OH excluding ortho intramolecular Hbond substituents is 1. The third kappa shape index (κ3) is 6.33. The number of hydrogen-bond acceptors (Lipinski definition) is 4. The van der Waals surface area contributed by atoms with Crippen LogP contribution in [0.4, 0.5) is 0 Å². The standard InChI is InChI=1S/C9H9O4P.C3H4O2/c1-6(9(11)12)14(13)8-4-2-3-7(10)5-8;1-2-3(4)5/h2-6H,1H3,(H-,10,11,12);2H,1H2,(H,4,5)/p+1. The number of benzene rings is 1. The van der Waals surface area contributed by atoms with Gasteiger partial charge in [0.1, 0.15) is 5.75 Å². The van der Waals surface area contributed by atoms with Gasteiger partial charge in [-0.1, -0.05) is 17.2 Å². The molecule has 19 heavy (non-hydrogen) atoms. The zero-order chi connectivity index (χ0) is 15.0. The van der Waals surface area contributed by atoms with Gasteiger partial charge in [0.2, 0.25) is 0 Å². The quantitative estimate of drug-likeness (QED) is 0.572. The monoisotopic (exact) mass is 285 g/mol. The number of rotatable bonds is 4. The number of carboxylic acids is 2. The highest BCUT2D eigenvalue weighted by molar-refractivity contribution is 7.55. The Morgan fingerprint density at radius 2 is 1.89 bits per heavy atom. The molecular weight excluding hydrogens is 271 g/mol. The Morgan fingerprint density at radius 3 is 2.26 bits per heavy atom. The molecule has 0 aromatic heterocycles. The van der Waals surface area contributed by atoms with Crippen molar-refractivity contribution in [1.82, 2.24) is 0 Å². The van der Waals surface area contributed by atoms with Gasteiger partial charge in [-0.2, -0.15) is 0 Å². The van der Waals surface area contributed by atoms with Gasteiger partial charge in [0.25, 0.3) is 5.66 Å². The molecule has 0 radical (unpaired) electrons. The third-order valence-electron chi connectivity index (χ3n) is 1.97. The van der Waals surface area contributed by atoms with Crippen molar-refractivity contribution >= 4 is 25.0 Å². The van der Waals surface area contributed by atoms with Crippen molar-refractivity contribution in [2.24, 2.45) is 0 Å². The second-order valence-electron chi connectivity index (χ2n) is 3.40. The maximum atomic E-state index is 11.6. The normalized spacial score (nSPS) is 11.5. The fraction of sp³-hybridized carbons (Fsp3) is 0.167. The second kappa shape index (κ2) is 8.00. The van der Waals surface area contributed by atoms with E-state index in [4.69, 9.17) is 15.3 Å². The molecule has 0 spiro atoms. The van der Waals surface area contributed by atoms with Crippen LogP contribution in [0.1, 0.15) is 6.92 Å². The van der Waals surface area contributed by atoms with Crippen molar-refractivity contribution in [2.75, 3.05) is 0 Å². The first-order valence-corrected chi connectivity index (χ1v) is 6.46. The van der Waals surface area contributed by atoms with Crippen molar-refractivity contribution in [1.29, 1.82) is 0 Å². The van der Waals surface area contributed by atoms with E-state index < -0.39 is 25.4 Å². The number of aliphatic carboxylic acids is 2. The first kappa shape index (κ1) is 16.8. The molecule has 6 nitrogen and oxygen atoms in total. The first-order valence-electron chi connectivity index (χ1n) is 5.13. The lowest BCUT2D eigenvalue weighted by atomic mass is 10.3. The molecule has 7 heteroatoms. The summed E-state index contributed by atoms with van der Waals surface area (Å²) in [5, 5.41) is 25.7. The van der Waals surface area contributed by atoms with Crippen LogP contribution in [0.2, 0.25) is 0 Å². The van der Waals surface area contributed by atoms with Gasteiger partial charge in [-0.25, -0.2) is 9.59 Å². The summed E-state index contributed by atoms with van der Waals surface area (Å²) in [6.45, 7) is 4.34. The van der Waals surface area contributed by atoms with Crippen molar-refractivity contribution in [3.63, 3.8) is 0 Å². The van der Waals surface area contributed by atoms with E-state index >= 15 is 0 Å². The van der Waals surface area contributed by atoms with E-state index in [0.29, 0.717) is 5.30 Å². The van der Waals surface area contributed by atoms with Gasteiger partial charge >= 0.3 is 19.7 Å². The summed E-state index contributed by atoms with van der Waals surface area (Å²) in [5.74, 6) is -2.09. The molecule has 0 saturated carbocycles. The molecule has 0 amide bonds. The lowest BCUT2D eigenvalue weighted by molar-refractivity contribution is -0.136. The maximum Gasteiger partial charge on any atom is 0.391 e. The minimum absolute atomic E-state index is 0.0107. The predicted octanol–water partition coefficient (Wildman–Crippen LogP) is 1.57. The van der Waals surface area contributed by atoms with Crippen molar-refractivity contribution in [3.05, 3.63) is 36.9 Å². The average molecular weight is 285 g/mol. The Balaban J connectivity index is 0.000000555. The summed E-state index contributed by atoms with van der Waals surface area (Å²) in [6.07, 6.45) is 0.833. The lowest BCUT2D eigenvalue weighted by Crippen LogP contribution is -2.15. The number of aromatic hydroxyl groups is 1. The van der Waals surface area contributed by atoms with Crippen LogP contribution in [0, 0.1) is 0 Å². The number of hydrogen-bond donors (Lipinski definition) is 3. The van der Waals surface area contributed by atoms with Crippen molar-refractivity contribution in [2.45, 2.75) is 12.6 Å². The van der Waals surface area contributed by atoms with Crippen LogP contribution in [0.15, 0.2) is 36.9 Å². The van der Waals surface area contributed by atoms with E-state index in [0.717, 1.165) is 6.08 Å². The maximum absolute atomic E-state index is 11.6. The molecule has 1 rings (SSSR count). The van der Waals surface area contributed by atoms with Gasteiger partial charge in [-0.3, -0.25) is 0 Å². The Bertz CT molecular complexity index is 497. The Kier molecular flexibility index (Phi) is 7.07. The third-order valence-corrected chi connectivity index (χ3v) is 3.68. The lowest BCUT2D eigenvalue weighted by Gasteiger charge is -1.94. The predicted molar refractivity (Wildman–Crippen MR) is 70.3 cm³/mol. The summed E-state index contributed by atoms with van der Waals surface area (Å²) in [6, 6.07) is 5.83. The van der Waals surface area contributed by atoms with Gasteiger partial charge in [0, 0.05) is 12.1 Å². The molecule has 102 valence electrons. The molecule has 1 aromatic carbocycles. The smallest absolute Gasteiger partial charge is 0.391 e. The molecular formula is C12H14O6P+. The molecule has 0 fully saturated rings. The molecule has 0 saturated heterocycles. The van der Waals surface area contributed by atoms with Crippen LogP contribution >= 0.6 is 7.80 Å². The average Bonchev–Trinajstić information content (AvgIpc) is 2.37. The summed E-state index contributed by atoms with van der Waals surface area (Å²) in [7, 11) is -2.00. The van der Waals surface area contributed by atoms with Gasteiger partial charge in [-0.15, -0.1) is 0 Å². The van der Waals surface area contributed by atoms with Crippen molar-refractivity contribution < 1.29 is 29.5 Å². The molecule has 0 aliphatic rings. The van der Waals surface area contributed by atoms with Crippen LogP contribution < -0.4 is 5.30 Å². The fourth-order valence-corrected chi connectivity index (χ4v) is 2.09. The molecule has 2 atom stereocenters. The summed E-state index contributed by atoms with van der Waals surface area (Å²) >= 11 is 0. The van der Waals surface area contributed by atoms with Crippen LogP contribution in [0.25, 0.3) is 0 Å². The minimum atomic E-state index is -2.00. The van der Waals surface area contributed by atoms with Crippen molar-refractivity contribution in [3.8, 4) is 5.75 Å². The van der Waals surface area contributed by atoms with E-state index in [2.05, 4.69) is 6.58 Å². The van der Waals surface area contributed by atoms with Crippen LogP contribution in [-0.4, -0.2) is 32.9 Å². The zero-order valence-corrected chi connectivity index (χ0v) is 11.1. The van der Waals surface area contributed by atoms with Gasteiger partial charge in [-0.05, 0) is 19.1 Å².